The number of benzene rings is 2. The summed E-state index contributed by atoms with van der Waals surface area (Å²) in [4.78, 5) is 30.0. The van der Waals surface area contributed by atoms with Gasteiger partial charge in [0.25, 0.3) is 5.91 Å². The minimum absolute atomic E-state index is 0.0617. The number of anilines is 1. The number of nitrogens with zero attached hydrogens (tertiary/aromatic N) is 1. The molecule has 4 rings (SSSR count). The van der Waals surface area contributed by atoms with E-state index in [2.05, 4.69) is 10.3 Å². The van der Waals surface area contributed by atoms with Crippen molar-refractivity contribution >= 4 is 28.2 Å². The molecule has 1 amide bonds. The molecule has 1 atom stereocenters. The normalized spacial score (nSPS) is 15.7. The largest absolute Gasteiger partial charge is 0.490 e. The molecule has 1 aromatic heterocycles. The first-order chi connectivity index (χ1) is 14.6. The van der Waals surface area contributed by atoms with E-state index in [4.69, 9.17) is 9.47 Å². The SMILES string of the molecule is CC(=O)c1sc(NC(=O)c2ccccc2OC[C@@H]2CCCO2)nc1-c1ccccc1. The third-order valence-electron chi connectivity index (χ3n) is 4.80. The van der Waals surface area contributed by atoms with Crippen LogP contribution in [0.15, 0.2) is 54.6 Å². The number of hydrogen-bond donors (Lipinski definition) is 1. The highest BCUT2D eigenvalue weighted by Gasteiger charge is 2.21. The van der Waals surface area contributed by atoms with Gasteiger partial charge in [0.1, 0.15) is 12.4 Å². The molecule has 154 valence electrons. The van der Waals surface area contributed by atoms with E-state index in [1.165, 1.54) is 18.3 Å². The molecule has 30 heavy (non-hydrogen) atoms. The van der Waals surface area contributed by atoms with E-state index in [0.29, 0.717) is 33.6 Å². The number of Topliss-reactive ketones (excluding diaryl/α,β-unsaturated/α-hetero) is 1. The molecule has 0 unspecified atom stereocenters. The first kappa shape index (κ1) is 20.3. The maximum atomic E-state index is 12.9. The van der Waals surface area contributed by atoms with Crippen molar-refractivity contribution in [1.29, 1.82) is 0 Å². The van der Waals surface area contributed by atoms with E-state index in [1.807, 2.05) is 36.4 Å². The number of carbonyl (C=O) groups excluding carboxylic acids is 2. The molecule has 2 aromatic carbocycles. The zero-order valence-electron chi connectivity index (χ0n) is 16.6. The van der Waals surface area contributed by atoms with Gasteiger partial charge in [-0.1, -0.05) is 53.8 Å². The van der Waals surface area contributed by atoms with Crippen molar-refractivity contribution in [2.75, 3.05) is 18.5 Å². The van der Waals surface area contributed by atoms with Crippen LogP contribution in [0.2, 0.25) is 0 Å². The van der Waals surface area contributed by atoms with Crippen molar-refractivity contribution in [2.24, 2.45) is 0 Å². The van der Waals surface area contributed by atoms with Gasteiger partial charge in [-0.25, -0.2) is 4.98 Å². The number of hydrogen-bond acceptors (Lipinski definition) is 6. The first-order valence-corrected chi connectivity index (χ1v) is 10.7. The summed E-state index contributed by atoms with van der Waals surface area (Å²) in [5.74, 6) is 0.0747. The Morgan fingerprint density at radius 1 is 1.17 bits per heavy atom. The quantitative estimate of drug-likeness (QED) is 0.552. The van der Waals surface area contributed by atoms with E-state index >= 15 is 0 Å². The van der Waals surface area contributed by atoms with Crippen molar-refractivity contribution < 1.29 is 19.1 Å². The number of rotatable bonds is 7. The molecule has 0 saturated carbocycles. The number of amides is 1. The third-order valence-corrected chi connectivity index (χ3v) is 5.87. The fourth-order valence-electron chi connectivity index (χ4n) is 3.31. The molecule has 1 aliphatic rings. The monoisotopic (exact) mass is 422 g/mol. The Bertz CT molecular complexity index is 1040. The fourth-order valence-corrected chi connectivity index (χ4v) is 4.18. The van der Waals surface area contributed by atoms with Gasteiger partial charge in [-0.05, 0) is 25.0 Å². The number of ether oxygens (including phenoxy) is 2. The minimum atomic E-state index is -0.332. The zero-order chi connectivity index (χ0) is 20.9. The Labute approximate surface area is 178 Å². The molecule has 0 bridgehead atoms. The lowest BCUT2D eigenvalue weighted by atomic mass is 10.1. The maximum Gasteiger partial charge on any atom is 0.261 e. The molecule has 6 nitrogen and oxygen atoms in total. The molecule has 0 spiro atoms. The molecule has 1 aliphatic heterocycles. The van der Waals surface area contributed by atoms with Crippen molar-refractivity contribution in [3.63, 3.8) is 0 Å². The van der Waals surface area contributed by atoms with Gasteiger partial charge in [-0.15, -0.1) is 0 Å². The fraction of sp³-hybridized carbons (Fsp3) is 0.261. The van der Waals surface area contributed by atoms with Crippen molar-refractivity contribution in [2.45, 2.75) is 25.9 Å². The first-order valence-electron chi connectivity index (χ1n) is 9.84. The Balaban J connectivity index is 1.54. The van der Waals surface area contributed by atoms with E-state index in [9.17, 15) is 9.59 Å². The molecular formula is C23H22N2O4S. The van der Waals surface area contributed by atoms with Crippen LogP contribution < -0.4 is 10.1 Å². The number of carbonyl (C=O) groups is 2. The molecular weight excluding hydrogens is 400 g/mol. The van der Waals surface area contributed by atoms with Crippen LogP contribution in [0.5, 0.6) is 5.75 Å². The Morgan fingerprint density at radius 2 is 1.93 bits per heavy atom. The van der Waals surface area contributed by atoms with Crippen LogP contribution in [0.25, 0.3) is 11.3 Å². The van der Waals surface area contributed by atoms with Crippen molar-refractivity contribution in [3.05, 3.63) is 65.0 Å². The summed E-state index contributed by atoms with van der Waals surface area (Å²) in [5.41, 5.74) is 1.82. The predicted octanol–water partition coefficient (Wildman–Crippen LogP) is 4.82. The second-order valence-corrected chi connectivity index (χ2v) is 8.01. The maximum absolute atomic E-state index is 12.9. The Hall–Kier alpha value is -3.03. The summed E-state index contributed by atoms with van der Waals surface area (Å²) < 4.78 is 11.4. The van der Waals surface area contributed by atoms with Crippen LogP contribution >= 0.6 is 11.3 Å². The number of nitrogens with one attached hydrogen (secondary N) is 1. The van der Waals surface area contributed by atoms with Gasteiger partial charge in [0.15, 0.2) is 10.9 Å². The van der Waals surface area contributed by atoms with Crippen LogP contribution in [0, 0.1) is 0 Å². The molecule has 0 aliphatic carbocycles. The number of para-hydroxylation sites is 1. The summed E-state index contributed by atoms with van der Waals surface area (Å²) >= 11 is 1.17. The highest BCUT2D eigenvalue weighted by atomic mass is 32.1. The Kier molecular flexibility index (Phi) is 6.21. The smallest absolute Gasteiger partial charge is 0.261 e. The van der Waals surface area contributed by atoms with Gasteiger partial charge in [-0.3, -0.25) is 14.9 Å². The lowest BCUT2D eigenvalue weighted by Gasteiger charge is -2.14. The highest BCUT2D eigenvalue weighted by Crippen LogP contribution is 2.32. The van der Waals surface area contributed by atoms with Crippen LogP contribution in [-0.2, 0) is 4.74 Å². The number of ketones is 1. The lowest BCUT2D eigenvalue weighted by molar-refractivity contribution is 0.0673. The molecule has 2 heterocycles. The topological polar surface area (TPSA) is 77.5 Å². The van der Waals surface area contributed by atoms with Crippen LogP contribution in [0.4, 0.5) is 5.13 Å². The molecule has 1 fully saturated rings. The molecule has 3 aromatic rings. The average molecular weight is 423 g/mol. The van der Waals surface area contributed by atoms with Crippen LogP contribution in [-0.4, -0.2) is 36.0 Å². The summed E-state index contributed by atoms with van der Waals surface area (Å²) in [6.07, 6.45) is 2.05. The molecule has 7 heteroatoms. The van der Waals surface area contributed by atoms with Crippen LogP contribution in [0.1, 0.15) is 39.8 Å². The van der Waals surface area contributed by atoms with E-state index in [-0.39, 0.29) is 17.8 Å². The second-order valence-electron chi connectivity index (χ2n) is 7.02. The summed E-state index contributed by atoms with van der Waals surface area (Å²) in [6, 6.07) is 16.5. The van der Waals surface area contributed by atoms with Gasteiger partial charge in [0.2, 0.25) is 0 Å². The third kappa shape index (κ3) is 4.58. The van der Waals surface area contributed by atoms with Gasteiger partial charge in [0.05, 0.1) is 22.2 Å². The number of thiazole rings is 1. The zero-order valence-corrected chi connectivity index (χ0v) is 17.4. The predicted molar refractivity (Wildman–Crippen MR) is 116 cm³/mol. The van der Waals surface area contributed by atoms with E-state index in [1.54, 1.807) is 18.2 Å². The summed E-state index contributed by atoms with van der Waals surface area (Å²) in [5, 5.41) is 3.19. The molecule has 1 saturated heterocycles. The molecule has 1 N–H and O–H groups in total. The van der Waals surface area contributed by atoms with E-state index < -0.39 is 0 Å². The van der Waals surface area contributed by atoms with Gasteiger partial charge in [-0.2, -0.15) is 0 Å². The minimum Gasteiger partial charge on any atom is -0.490 e. The van der Waals surface area contributed by atoms with Gasteiger partial charge in [0, 0.05) is 19.1 Å². The summed E-state index contributed by atoms with van der Waals surface area (Å²) in [7, 11) is 0. The van der Waals surface area contributed by atoms with Crippen molar-refractivity contribution in [1.82, 2.24) is 4.98 Å². The lowest BCUT2D eigenvalue weighted by Crippen LogP contribution is -2.19. The highest BCUT2D eigenvalue weighted by molar-refractivity contribution is 7.18. The van der Waals surface area contributed by atoms with Crippen molar-refractivity contribution in [3.8, 4) is 17.0 Å². The summed E-state index contributed by atoms with van der Waals surface area (Å²) in [6.45, 7) is 2.66. The molecule has 0 radical (unpaired) electrons. The second kappa shape index (κ2) is 9.19. The van der Waals surface area contributed by atoms with Gasteiger partial charge >= 0.3 is 0 Å². The standard InChI is InChI=1S/C23H22N2O4S/c1-15(26)21-20(16-8-3-2-4-9-16)24-23(30-21)25-22(27)18-11-5-6-12-19(18)29-14-17-10-7-13-28-17/h2-6,8-9,11-12,17H,7,10,13-14H2,1H3,(H,24,25,27)/t17-/m0/s1. The van der Waals surface area contributed by atoms with Gasteiger partial charge < -0.3 is 9.47 Å². The van der Waals surface area contributed by atoms with E-state index in [0.717, 1.165) is 25.0 Å². The average Bonchev–Trinajstić information content (AvgIpc) is 3.43. The Morgan fingerprint density at radius 3 is 2.67 bits per heavy atom. The number of aromatic nitrogens is 1. The van der Waals surface area contributed by atoms with Crippen LogP contribution in [0.3, 0.4) is 0 Å².